The van der Waals surface area contributed by atoms with Crippen LogP contribution in [-0.2, 0) is 15.9 Å². The van der Waals surface area contributed by atoms with Crippen LogP contribution >= 0.6 is 24.8 Å². The first-order valence-electron chi connectivity index (χ1n) is 8.63. The first kappa shape index (κ1) is 22.9. The maximum atomic E-state index is 5.83. The molecule has 8 heteroatoms. The molecule has 0 spiro atoms. The Morgan fingerprint density at radius 3 is 2.77 bits per heavy atom. The van der Waals surface area contributed by atoms with Crippen LogP contribution in [-0.4, -0.2) is 56.0 Å². The van der Waals surface area contributed by atoms with Gasteiger partial charge >= 0.3 is 0 Å². The number of benzene rings is 1. The van der Waals surface area contributed by atoms with Gasteiger partial charge in [-0.2, -0.15) is 0 Å². The van der Waals surface area contributed by atoms with E-state index in [1.165, 1.54) is 0 Å². The molecule has 0 radical (unpaired) electrons. The molecule has 0 bridgehead atoms. The lowest BCUT2D eigenvalue weighted by molar-refractivity contribution is 0.113. The molecule has 0 amide bonds. The van der Waals surface area contributed by atoms with E-state index in [1.807, 2.05) is 18.2 Å². The maximum Gasteiger partial charge on any atom is 0.140 e. The lowest BCUT2D eigenvalue weighted by Crippen LogP contribution is -2.35. The zero-order valence-corrected chi connectivity index (χ0v) is 16.7. The number of hydrogen-bond acceptors (Lipinski definition) is 6. The van der Waals surface area contributed by atoms with Crippen molar-refractivity contribution in [3.8, 4) is 0 Å². The minimum atomic E-state index is 0. The summed E-state index contributed by atoms with van der Waals surface area (Å²) in [5.41, 5.74) is 6.67. The highest BCUT2D eigenvalue weighted by Gasteiger charge is 2.22. The molecule has 26 heavy (non-hydrogen) atoms. The fraction of sp³-hybridized carbons (Fsp3) is 0.556. The van der Waals surface area contributed by atoms with Gasteiger partial charge in [0.05, 0.1) is 18.2 Å². The summed E-state index contributed by atoms with van der Waals surface area (Å²) in [6, 6.07) is 8.14. The fourth-order valence-electron chi connectivity index (χ4n) is 3.11. The van der Waals surface area contributed by atoms with Gasteiger partial charge in [-0.25, -0.2) is 9.97 Å². The lowest BCUT2D eigenvalue weighted by Gasteiger charge is -2.27. The Morgan fingerprint density at radius 2 is 2.08 bits per heavy atom. The summed E-state index contributed by atoms with van der Waals surface area (Å²) >= 11 is 0. The van der Waals surface area contributed by atoms with Crippen molar-refractivity contribution in [2.24, 2.45) is 5.73 Å². The van der Waals surface area contributed by atoms with Crippen molar-refractivity contribution < 1.29 is 9.47 Å². The van der Waals surface area contributed by atoms with Crippen molar-refractivity contribution in [3.63, 3.8) is 0 Å². The van der Waals surface area contributed by atoms with Crippen LogP contribution < -0.4 is 10.6 Å². The predicted octanol–water partition coefficient (Wildman–Crippen LogP) is 2.61. The predicted molar refractivity (Wildman–Crippen MR) is 110 cm³/mol. The normalized spacial score (nSPS) is 16.2. The van der Waals surface area contributed by atoms with Gasteiger partial charge in [-0.05, 0) is 31.5 Å². The summed E-state index contributed by atoms with van der Waals surface area (Å²) in [5.74, 6) is 1.75. The zero-order valence-electron chi connectivity index (χ0n) is 15.1. The molecule has 3 rings (SSSR count). The molecular weight excluding hydrogens is 375 g/mol. The molecule has 0 saturated carbocycles. The van der Waals surface area contributed by atoms with Gasteiger partial charge in [0, 0.05) is 38.6 Å². The van der Waals surface area contributed by atoms with Crippen molar-refractivity contribution in [2.45, 2.75) is 25.4 Å². The SMILES string of the molecule is COCCN(CC1CCCO1)c1nc(CCN)nc2ccccc12.Cl.Cl. The van der Waals surface area contributed by atoms with E-state index in [4.69, 9.17) is 20.2 Å². The van der Waals surface area contributed by atoms with Gasteiger partial charge in [-0.3, -0.25) is 0 Å². The van der Waals surface area contributed by atoms with Gasteiger partial charge in [0.25, 0.3) is 0 Å². The van der Waals surface area contributed by atoms with Gasteiger partial charge in [-0.1, -0.05) is 12.1 Å². The summed E-state index contributed by atoms with van der Waals surface area (Å²) in [7, 11) is 1.72. The highest BCUT2D eigenvalue weighted by molar-refractivity contribution is 5.89. The van der Waals surface area contributed by atoms with Crippen molar-refractivity contribution in [1.29, 1.82) is 0 Å². The van der Waals surface area contributed by atoms with E-state index in [2.05, 4.69) is 16.0 Å². The van der Waals surface area contributed by atoms with Crippen LogP contribution in [0.3, 0.4) is 0 Å². The van der Waals surface area contributed by atoms with E-state index in [0.29, 0.717) is 19.6 Å². The Hall–Kier alpha value is -1.18. The van der Waals surface area contributed by atoms with Crippen LogP contribution in [0.2, 0.25) is 0 Å². The van der Waals surface area contributed by atoms with Gasteiger partial charge in [0.1, 0.15) is 11.6 Å². The number of hydrogen-bond donors (Lipinski definition) is 1. The Bertz CT molecular complexity index is 669. The minimum Gasteiger partial charge on any atom is -0.383 e. The third kappa shape index (κ3) is 5.66. The quantitative estimate of drug-likeness (QED) is 0.731. The topological polar surface area (TPSA) is 73.5 Å². The number of ether oxygens (including phenoxy) is 2. The second kappa shape index (κ2) is 11.5. The van der Waals surface area contributed by atoms with Crippen molar-refractivity contribution in [3.05, 3.63) is 30.1 Å². The second-order valence-corrected chi connectivity index (χ2v) is 6.09. The highest BCUT2D eigenvalue weighted by Crippen LogP contribution is 2.25. The third-order valence-electron chi connectivity index (χ3n) is 4.31. The van der Waals surface area contributed by atoms with Crippen LogP contribution in [0.4, 0.5) is 5.82 Å². The van der Waals surface area contributed by atoms with Crippen LogP contribution in [0, 0.1) is 0 Å². The molecule has 146 valence electrons. The molecule has 6 nitrogen and oxygen atoms in total. The molecule has 1 saturated heterocycles. The van der Waals surface area contributed by atoms with E-state index in [9.17, 15) is 0 Å². The van der Waals surface area contributed by atoms with Gasteiger partial charge < -0.3 is 20.1 Å². The molecule has 2 N–H and O–H groups in total. The molecule has 1 aromatic carbocycles. The first-order chi connectivity index (χ1) is 11.8. The van der Waals surface area contributed by atoms with Crippen molar-refractivity contribution in [2.75, 3.05) is 44.9 Å². The number of aromatic nitrogens is 2. The molecule has 1 fully saturated rings. The van der Waals surface area contributed by atoms with Crippen LogP contribution in [0.25, 0.3) is 10.9 Å². The van der Waals surface area contributed by atoms with E-state index in [1.54, 1.807) is 7.11 Å². The molecule has 1 aromatic heterocycles. The number of methoxy groups -OCH3 is 1. The first-order valence-corrected chi connectivity index (χ1v) is 8.63. The number of anilines is 1. The number of fused-ring (bicyclic) bond motifs is 1. The summed E-state index contributed by atoms with van der Waals surface area (Å²) in [6.45, 7) is 3.65. The van der Waals surface area contributed by atoms with Crippen LogP contribution in [0.5, 0.6) is 0 Å². The molecule has 1 atom stereocenters. The number of rotatable bonds is 8. The number of para-hydroxylation sites is 1. The Balaban J connectivity index is 0.00000169. The standard InChI is InChI=1S/C18H26N4O2.2ClH/c1-23-12-10-22(13-14-5-4-11-24-14)18-15-6-2-3-7-16(15)20-17(21-18)8-9-19;;/h2-3,6-7,14H,4-5,8-13,19H2,1H3;2*1H. The minimum absolute atomic E-state index is 0. The van der Waals surface area contributed by atoms with Crippen molar-refractivity contribution >= 4 is 41.5 Å². The summed E-state index contributed by atoms with van der Waals surface area (Å²) in [5, 5.41) is 1.06. The zero-order chi connectivity index (χ0) is 16.8. The molecule has 1 aliphatic heterocycles. The highest BCUT2D eigenvalue weighted by atomic mass is 35.5. The third-order valence-corrected chi connectivity index (χ3v) is 4.31. The van der Waals surface area contributed by atoms with Gasteiger partial charge in [-0.15, -0.1) is 24.8 Å². The molecule has 1 aliphatic rings. The molecule has 2 heterocycles. The van der Waals surface area contributed by atoms with Crippen molar-refractivity contribution in [1.82, 2.24) is 9.97 Å². The second-order valence-electron chi connectivity index (χ2n) is 6.09. The number of nitrogens with two attached hydrogens (primary N) is 1. The van der Waals surface area contributed by atoms with E-state index >= 15 is 0 Å². The monoisotopic (exact) mass is 402 g/mol. The van der Waals surface area contributed by atoms with E-state index in [0.717, 1.165) is 55.1 Å². The average Bonchev–Trinajstić information content (AvgIpc) is 3.11. The Morgan fingerprint density at radius 1 is 1.27 bits per heavy atom. The Kier molecular flexibility index (Phi) is 10.1. The smallest absolute Gasteiger partial charge is 0.140 e. The molecule has 1 unspecified atom stereocenters. The van der Waals surface area contributed by atoms with E-state index < -0.39 is 0 Å². The van der Waals surface area contributed by atoms with Gasteiger partial charge in [0.15, 0.2) is 0 Å². The lowest BCUT2D eigenvalue weighted by atomic mass is 10.2. The van der Waals surface area contributed by atoms with Crippen LogP contribution in [0.1, 0.15) is 18.7 Å². The summed E-state index contributed by atoms with van der Waals surface area (Å²) < 4.78 is 11.1. The number of nitrogens with zero attached hydrogens (tertiary/aromatic N) is 3. The molecule has 2 aromatic rings. The van der Waals surface area contributed by atoms with E-state index in [-0.39, 0.29) is 30.9 Å². The number of halogens is 2. The largest absolute Gasteiger partial charge is 0.383 e. The fourth-order valence-corrected chi connectivity index (χ4v) is 3.11. The van der Waals surface area contributed by atoms with Crippen LogP contribution in [0.15, 0.2) is 24.3 Å². The summed E-state index contributed by atoms with van der Waals surface area (Å²) in [6.07, 6.45) is 3.16. The maximum absolute atomic E-state index is 5.83. The summed E-state index contributed by atoms with van der Waals surface area (Å²) in [4.78, 5) is 11.7. The average molecular weight is 403 g/mol. The Labute approximate surface area is 167 Å². The van der Waals surface area contributed by atoms with Gasteiger partial charge in [0.2, 0.25) is 0 Å². The molecule has 0 aliphatic carbocycles. The molecular formula is C18H28Cl2N4O2.